The zero-order valence-corrected chi connectivity index (χ0v) is 26.4. The molecule has 1 N–H and O–H groups in total. The average molecular weight is 753 g/mol. The van der Waals surface area contributed by atoms with Crippen LogP contribution in [0.15, 0.2) is 48.8 Å². The summed E-state index contributed by atoms with van der Waals surface area (Å²) in [5.41, 5.74) is 0.841. The number of rotatable bonds is 8. The molecule has 1 aliphatic heterocycles. The second-order valence-electron chi connectivity index (χ2n) is 9.25. The van der Waals surface area contributed by atoms with E-state index in [1.165, 1.54) is 6.33 Å². The number of fused-ring (bicyclic) bond motifs is 1. The maximum atomic E-state index is 12.0. The Morgan fingerprint density at radius 1 is 1.00 bits per heavy atom. The maximum Gasteiger partial charge on any atom is 0.181 e. The van der Waals surface area contributed by atoms with Crippen LogP contribution in [0.2, 0.25) is 25.2 Å². The summed E-state index contributed by atoms with van der Waals surface area (Å²) >= 11 is 33.3. The van der Waals surface area contributed by atoms with Gasteiger partial charge in [0, 0.05) is 29.2 Å². The minimum atomic E-state index is -1.86. The van der Waals surface area contributed by atoms with Crippen molar-refractivity contribution in [3.05, 3.63) is 96.4 Å². The Bertz CT molecular complexity index is 1520. The van der Waals surface area contributed by atoms with Gasteiger partial charge in [-0.25, -0.2) is 9.97 Å². The fraction of sp³-hybridized carbons (Fsp3) is 0.286. The summed E-state index contributed by atoms with van der Waals surface area (Å²) < 4.78 is 19.5. The number of hydrogen-bond donors (Lipinski definition) is 1. The van der Waals surface area contributed by atoms with Gasteiger partial charge in [-0.2, -0.15) is 0 Å². The lowest BCUT2D eigenvalue weighted by atomic mass is 9.83. The van der Waals surface area contributed by atoms with Crippen molar-refractivity contribution < 1.29 is 19.3 Å². The van der Waals surface area contributed by atoms with E-state index in [9.17, 15) is 5.11 Å². The van der Waals surface area contributed by atoms with Crippen molar-refractivity contribution in [3.8, 4) is 12.3 Å². The Hall–Kier alpha value is -1.16. The SMILES string of the molecule is C#C[C@@]1(O)[C@H](OCc2ccc(Cl)cc2Cl)[C@@H](COCc2ccc(Cl)cc2Cl)O[C@H]1C1C=C(I)c2c(Cl)ncnc21. The molecular formula is C28H20Cl5IN2O4. The van der Waals surface area contributed by atoms with Gasteiger partial charge in [0.2, 0.25) is 0 Å². The van der Waals surface area contributed by atoms with E-state index in [0.29, 0.717) is 42.1 Å². The number of ether oxygens (including phenoxy) is 3. The van der Waals surface area contributed by atoms with Crippen LogP contribution in [-0.4, -0.2) is 45.6 Å². The van der Waals surface area contributed by atoms with Crippen molar-refractivity contribution in [3.63, 3.8) is 0 Å². The topological polar surface area (TPSA) is 73.7 Å². The monoisotopic (exact) mass is 750 g/mol. The van der Waals surface area contributed by atoms with Crippen molar-refractivity contribution in [2.24, 2.45) is 0 Å². The highest BCUT2D eigenvalue weighted by molar-refractivity contribution is 14.1. The van der Waals surface area contributed by atoms with E-state index in [2.05, 4.69) is 38.5 Å². The van der Waals surface area contributed by atoms with Gasteiger partial charge in [-0.15, -0.1) is 6.42 Å². The smallest absolute Gasteiger partial charge is 0.181 e. The summed E-state index contributed by atoms with van der Waals surface area (Å²) in [6, 6.07) is 10.2. The Morgan fingerprint density at radius 3 is 2.27 bits per heavy atom. The maximum absolute atomic E-state index is 12.0. The Labute approximate surface area is 270 Å². The molecule has 1 aliphatic carbocycles. The predicted octanol–water partition coefficient (Wildman–Crippen LogP) is 7.55. The van der Waals surface area contributed by atoms with Crippen LogP contribution < -0.4 is 0 Å². The van der Waals surface area contributed by atoms with Crippen LogP contribution in [0, 0.1) is 12.3 Å². The summed E-state index contributed by atoms with van der Waals surface area (Å²) in [6.45, 7) is 0.268. The molecule has 1 saturated heterocycles. The van der Waals surface area contributed by atoms with E-state index in [4.69, 9.17) is 78.6 Å². The predicted molar refractivity (Wildman–Crippen MR) is 165 cm³/mol. The van der Waals surface area contributed by atoms with E-state index in [1.807, 2.05) is 6.08 Å². The van der Waals surface area contributed by atoms with Crippen molar-refractivity contribution in [2.45, 2.75) is 43.0 Å². The van der Waals surface area contributed by atoms with Gasteiger partial charge in [0.05, 0.1) is 31.4 Å². The Kier molecular flexibility index (Phi) is 9.55. The molecule has 5 rings (SSSR count). The van der Waals surface area contributed by atoms with Gasteiger partial charge in [0.15, 0.2) is 5.60 Å². The van der Waals surface area contributed by atoms with E-state index < -0.39 is 29.8 Å². The number of aromatic nitrogens is 2. The molecule has 0 amide bonds. The Balaban J connectivity index is 1.43. The third-order valence-corrected chi connectivity index (χ3v) is 9.14. The number of benzene rings is 2. The second kappa shape index (κ2) is 12.6. The molecule has 1 unspecified atom stereocenters. The number of aliphatic hydroxyl groups is 1. The fourth-order valence-electron chi connectivity index (χ4n) is 4.84. The Morgan fingerprint density at radius 2 is 1.65 bits per heavy atom. The number of terminal acetylenes is 1. The average Bonchev–Trinajstić information content (AvgIpc) is 3.39. The summed E-state index contributed by atoms with van der Waals surface area (Å²) in [5.74, 6) is 2.03. The highest BCUT2D eigenvalue weighted by Crippen LogP contribution is 2.49. The van der Waals surface area contributed by atoms with Crippen LogP contribution in [0.1, 0.15) is 28.3 Å². The highest BCUT2D eigenvalue weighted by atomic mass is 127. The first-order valence-electron chi connectivity index (χ1n) is 11.9. The summed E-state index contributed by atoms with van der Waals surface area (Å²) in [7, 11) is 0. The van der Waals surface area contributed by atoms with Gasteiger partial charge < -0.3 is 19.3 Å². The summed E-state index contributed by atoms with van der Waals surface area (Å²) in [4.78, 5) is 8.53. The van der Waals surface area contributed by atoms with Crippen molar-refractivity contribution in [2.75, 3.05) is 6.61 Å². The van der Waals surface area contributed by atoms with Gasteiger partial charge in [-0.1, -0.05) is 82.1 Å². The molecule has 2 aliphatic rings. The van der Waals surface area contributed by atoms with Gasteiger partial charge in [-0.3, -0.25) is 0 Å². The minimum Gasteiger partial charge on any atom is -0.374 e. The zero-order chi connectivity index (χ0) is 28.6. The number of nitrogens with zero attached hydrogens (tertiary/aromatic N) is 2. The molecule has 12 heteroatoms. The van der Waals surface area contributed by atoms with Crippen LogP contribution in [0.3, 0.4) is 0 Å². The van der Waals surface area contributed by atoms with Gasteiger partial charge in [0.1, 0.15) is 29.8 Å². The van der Waals surface area contributed by atoms with Crippen LogP contribution in [0.5, 0.6) is 0 Å². The minimum absolute atomic E-state index is 0.0445. The van der Waals surface area contributed by atoms with Crippen molar-refractivity contribution in [1.29, 1.82) is 0 Å². The fourth-order valence-corrected chi connectivity index (χ4v) is 7.08. The largest absolute Gasteiger partial charge is 0.374 e. The first-order valence-corrected chi connectivity index (χ1v) is 14.9. The molecule has 0 bridgehead atoms. The third kappa shape index (κ3) is 6.00. The first-order chi connectivity index (χ1) is 19.1. The quantitative estimate of drug-likeness (QED) is 0.146. The third-order valence-electron chi connectivity index (χ3n) is 6.78. The molecule has 0 spiro atoms. The van der Waals surface area contributed by atoms with E-state index >= 15 is 0 Å². The van der Waals surface area contributed by atoms with Crippen LogP contribution >= 0.6 is 80.6 Å². The molecule has 1 aromatic heterocycles. The molecule has 6 nitrogen and oxygen atoms in total. The lowest BCUT2D eigenvalue weighted by molar-refractivity contribution is -0.0887. The van der Waals surface area contributed by atoms with Crippen LogP contribution in [0.25, 0.3) is 3.58 Å². The summed E-state index contributed by atoms with van der Waals surface area (Å²) in [5, 5.41) is 14.2. The molecule has 0 radical (unpaired) electrons. The molecular weight excluding hydrogens is 732 g/mol. The second-order valence-corrected chi connectivity index (χ2v) is 12.5. The lowest BCUT2D eigenvalue weighted by Crippen LogP contribution is -2.50. The molecule has 2 aromatic carbocycles. The molecule has 1 fully saturated rings. The molecule has 3 aromatic rings. The zero-order valence-electron chi connectivity index (χ0n) is 20.5. The highest BCUT2D eigenvalue weighted by Gasteiger charge is 2.59. The van der Waals surface area contributed by atoms with Crippen LogP contribution in [0.4, 0.5) is 0 Å². The van der Waals surface area contributed by atoms with E-state index in [1.54, 1.807) is 36.4 Å². The van der Waals surface area contributed by atoms with Crippen molar-refractivity contribution in [1.82, 2.24) is 9.97 Å². The summed E-state index contributed by atoms with van der Waals surface area (Å²) in [6.07, 6.45) is 6.59. The molecule has 40 heavy (non-hydrogen) atoms. The van der Waals surface area contributed by atoms with Crippen molar-refractivity contribution >= 4 is 84.2 Å². The molecule has 208 valence electrons. The molecule has 5 atom stereocenters. The molecule has 0 saturated carbocycles. The first kappa shape index (κ1) is 30.3. The van der Waals surface area contributed by atoms with Crippen LogP contribution in [-0.2, 0) is 27.4 Å². The van der Waals surface area contributed by atoms with Gasteiger partial charge in [0.25, 0.3) is 0 Å². The molecule has 2 heterocycles. The number of hydrogen-bond acceptors (Lipinski definition) is 6. The lowest BCUT2D eigenvalue weighted by Gasteiger charge is -2.31. The normalized spacial score (nSPS) is 25.5. The standard InChI is InChI=1S/C28H20Cl5IN2O4/c1-2-28(37)25(18-9-21(34)23-24(18)35-13-36-27(23)33)40-22(12-38-10-14-3-5-16(29)7-19(14)31)26(28)39-11-15-4-6-17(30)8-20(15)32/h1,3-9,13,18,22,25-26,37H,10-12H2/t18?,22-,25+,26-,28+/m1/s1. The van der Waals surface area contributed by atoms with Gasteiger partial charge in [-0.05, 0) is 58.0 Å². The van der Waals surface area contributed by atoms with E-state index in [-0.39, 0.29) is 19.8 Å². The number of halogens is 6. The van der Waals surface area contributed by atoms with E-state index in [0.717, 1.165) is 9.14 Å². The van der Waals surface area contributed by atoms with Gasteiger partial charge >= 0.3 is 0 Å².